The largest absolute Gasteiger partial charge is 0.352 e. The Labute approximate surface area is 165 Å². The Morgan fingerprint density at radius 1 is 1.14 bits per heavy atom. The Morgan fingerprint density at radius 3 is 2.59 bits per heavy atom. The first-order valence-electron chi connectivity index (χ1n) is 9.39. The van der Waals surface area contributed by atoms with Crippen LogP contribution in [0.2, 0.25) is 0 Å². The summed E-state index contributed by atoms with van der Waals surface area (Å²) in [6.45, 7) is 0. The standard InChI is InChI=1S/C22H19N5O2/c1-26-13-14(12-23-26)10-17(15-6-3-2-4-7-15)18-11-19-20(24-18)21(28)27(22(29)25-19)16-8-5-9-16/h2-9,11-13,17,24H,10H2,1H3,(H,25,29). The van der Waals surface area contributed by atoms with E-state index >= 15 is 0 Å². The van der Waals surface area contributed by atoms with Crippen LogP contribution in [0, 0.1) is 0 Å². The lowest BCUT2D eigenvalue weighted by Crippen LogP contribution is -2.34. The molecule has 1 unspecified atom stereocenters. The summed E-state index contributed by atoms with van der Waals surface area (Å²) >= 11 is 0. The average molecular weight is 385 g/mol. The van der Waals surface area contributed by atoms with Crippen LogP contribution in [0.4, 0.5) is 0 Å². The summed E-state index contributed by atoms with van der Waals surface area (Å²) in [6.07, 6.45) is 9.83. The van der Waals surface area contributed by atoms with E-state index in [9.17, 15) is 9.59 Å². The Morgan fingerprint density at radius 2 is 1.93 bits per heavy atom. The molecule has 3 heterocycles. The molecule has 1 aliphatic carbocycles. The summed E-state index contributed by atoms with van der Waals surface area (Å²) < 4.78 is 2.93. The summed E-state index contributed by atoms with van der Waals surface area (Å²) in [5.74, 6) is -0.00744. The second-order valence-corrected chi connectivity index (χ2v) is 7.22. The number of nitrogens with one attached hydrogen (secondary N) is 2. The van der Waals surface area contributed by atoms with Gasteiger partial charge in [0.2, 0.25) is 0 Å². The molecule has 144 valence electrons. The summed E-state index contributed by atoms with van der Waals surface area (Å²) in [5.41, 5.74) is 3.80. The number of hydrogen-bond acceptors (Lipinski definition) is 3. The van der Waals surface area contributed by atoms with Gasteiger partial charge in [-0.2, -0.15) is 5.10 Å². The summed E-state index contributed by atoms with van der Waals surface area (Å²) in [6, 6.07) is 12.0. The Kier molecular flexibility index (Phi) is 3.94. The zero-order chi connectivity index (χ0) is 20.0. The van der Waals surface area contributed by atoms with Gasteiger partial charge in [-0.25, -0.2) is 9.36 Å². The third-order valence-corrected chi connectivity index (χ3v) is 5.27. The fourth-order valence-electron chi connectivity index (χ4n) is 3.78. The molecule has 7 nitrogen and oxygen atoms in total. The van der Waals surface area contributed by atoms with E-state index in [1.165, 1.54) is 0 Å². The van der Waals surface area contributed by atoms with Crippen molar-refractivity contribution < 1.29 is 0 Å². The monoisotopic (exact) mass is 385 g/mol. The van der Waals surface area contributed by atoms with Crippen molar-refractivity contribution in [1.82, 2.24) is 24.3 Å². The SMILES string of the molecule is Cn1cc(CC(c2ccccc2)c2cc3[nH]c(=O)n(C4=CC=C4)c(=O)c3[nH]2)cn1. The summed E-state index contributed by atoms with van der Waals surface area (Å²) in [5, 5.41) is 4.27. The summed E-state index contributed by atoms with van der Waals surface area (Å²) in [4.78, 5) is 31.5. The topological polar surface area (TPSA) is 88.5 Å². The third kappa shape index (κ3) is 2.97. The Balaban J connectivity index is 1.64. The Bertz CT molecular complexity index is 1380. The van der Waals surface area contributed by atoms with E-state index in [2.05, 4.69) is 27.2 Å². The minimum atomic E-state index is -0.438. The molecule has 0 saturated carbocycles. The van der Waals surface area contributed by atoms with Gasteiger partial charge in [-0.3, -0.25) is 9.48 Å². The molecule has 0 bridgehead atoms. The van der Waals surface area contributed by atoms with E-state index < -0.39 is 5.69 Å². The fraction of sp³-hybridized carbons (Fsp3) is 0.136. The van der Waals surface area contributed by atoms with Crippen LogP contribution in [0.5, 0.6) is 0 Å². The predicted octanol–water partition coefficient (Wildman–Crippen LogP) is 2.54. The van der Waals surface area contributed by atoms with E-state index in [0.717, 1.165) is 27.8 Å². The number of H-pyrrole nitrogens is 2. The van der Waals surface area contributed by atoms with Crippen molar-refractivity contribution in [3.8, 4) is 0 Å². The predicted molar refractivity (Wildman–Crippen MR) is 112 cm³/mol. The number of aryl methyl sites for hydroxylation is 1. The molecule has 3 aromatic heterocycles. The number of aromatic nitrogens is 5. The van der Waals surface area contributed by atoms with E-state index in [0.29, 0.717) is 16.7 Å². The van der Waals surface area contributed by atoms with Crippen LogP contribution in [0.25, 0.3) is 16.7 Å². The third-order valence-electron chi connectivity index (χ3n) is 5.27. The molecule has 29 heavy (non-hydrogen) atoms. The van der Waals surface area contributed by atoms with Crippen LogP contribution in [-0.4, -0.2) is 24.3 Å². The molecule has 1 atom stereocenters. The lowest BCUT2D eigenvalue weighted by molar-refractivity contribution is 0.760. The van der Waals surface area contributed by atoms with Gasteiger partial charge in [0.1, 0.15) is 5.52 Å². The molecule has 1 aliphatic rings. The molecule has 4 aromatic rings. The lowest BCUT2D eigenvalue weighted by atomic mass is 9.90. The quantitative estimate of drug-likeness (QED) is 0.553. The molecule has 0 amide bonds. The maximum absolute atomic E-state index is 12.9. The molecular formula is C22H19N5O2. The molecule has 0 radical (unpaired) electrons. The van der Waals surface area contributed by atoms with Gasteiger partial charge in [0.05, 0.1) is 17.4 Å². The van der Waals surface area contributed by atoms with E-state index in [4.69, 9.17) is 0 Å². The van der Waals surface area contributed by atoms with Gasteiger partial charge in [0.15, 0.2) is 0 Å². The van der Waals surface area contributed by atoms with Crippen molar-refractivity contribution >= 4 is 16.7 Å². The smallest absolute Gasteiger partial charge is 0.333 e. The molecule has 0 spiro atoms. The van der Waals surface area contributed by atoms with Gasteiger partial charge in [-0.1, -0.05) is 36.4 Å². The second kappa shape index (κ2) is 6.63. The number of aromatic amines is 2. The first-order valence-corrected chi connectivity index (χ1v) is 9.39. The Hall–Kier alpha value is -3.87. The number of rotatable bonds is 5. The first kappa shape index (κ1) is 17.2. The van der Waals surface area contributed by atoms with Gasteiger partial charge < -0.3 is 9.97 Å². The van der Waals surface area contributed by atoms with Crippen molar-refractivity contribution in [3.05, 3.63) is 105 Å². The maximum Gasteiger partial charge on any atom is 0.333 e. The highest BCUT2D eigenvalue weighted by molar-refractivity contribution is 5.77. The highest BCUT2D eigenvalue weighted by Gasteiger charge is 2.21. The molecule has 0 saturated heterocycles. The fourth-order valence-corrected chi connectivity index (χ4v) is 3.78. The van der Waals surface area contributed by atoms with Gasteiger partial charge >= 0.3 is 5.69 Å². The number of fused-ring (bicyclic) bond motifs is 1. The van der Waals surface area contributed by atoms with Gasteiger partial charge in [0, 0.05) is 24.9 Å². The summed E-state index contributed by atoms with van der Waals surface area (Å²) in [7, 11) is 1.89. The maximum atomic E-state index is 12.9. The van der Waals surface area contributed by atoms with Crippen LogP contribution in [-0.2, 0) is 13.5 Å². The number of nitrogens with zero attached hydrogens (tertiary/aromatic N) is 3. The van der Waals surface area contributed by atoms with Crippen molar-refractivity contribution in [2.45, 2.75) is 12.3 Å². The highest BCUT2D eigenvalue weighted by atomic mass is 16.2. The van der Waals surface area contributed by atoms with Gasteiger partial charge in [0.25, 0.3) is 5.56 Å². The lowest BCUT2D eigenvalue weighted by Gasteiger charge is -2.15. The van der Waals surface area contributed by atoms with Crippen LogP contribution < -0.4 is 11.2 Å². The van der Waals surface area contributed by atoms with Crippen LogP contribution in [0.15, 0.2) is 76.6 Å². The van der Waals surface area contributed by atoms with Gasteiger partial charge in [-0.05, 0) is 35.8 Å². The van der Waals surface area contributed by atoms with E-state index in [-0.39, 0.29) is 11.5 Å². The zero-order valence-corrected chi connectivity index (χ0v) is 15.8. The molecule has 0 fully saturated rings. The second-order valence-electron chi connectivity index (χ2n) is 7.22. The van der Waals surface area contributed by atoms with E-state index in [1.54, 1.807) is 22.9 Å². The molecule has 0 aliphatic heterocycles. The average Bonchev–Trinajstić information content (AvgIpc) is 3.28. The minimum Gasteiger partial charge on any atom is -0.352 e. The van der Waals surface area contributed by atoms with E-state index in [1.807, 2.05) is 43.7 Å². The molecule has 7 heteroatoms. The molecule has 5 rings (SSSR count). The highest BCUT2D eigenvalue weighted by Crippen LogP contribution is 2.29. The minimum absolute atomic E-state index is 0.00744. The van der Waals surface area contributed by atoms with Crippen LogP contribution in [0.3, 0.4) is 0 Å². The molecular weight excluding hydrogens is 366 g/mol. The number of allylic oxidation sites excluding steroid dienone is 4. The van der Waals surface area contributed by atoms with Crippen molar-refractivity contribution in [3.63, 3.8) is 0 Å². The van der Waals surface area contributed by atoms with Crippen molar-refractivity contribution in [2.24, 2.45) is 7.05 Å². The first-order chi connectivity index (χ1) is 14.1. The molecule has 1 aromatic carbocycles. The van der Waals surface area contributed by atoms with Crippen LogP contribution in [0.1, 0.15) is 22.7 Å². The van der Waals surface area contributed by atoms with Gasteiger partial charge in [-0.15, -0.1) is 0 Å². The normalized spacial score (nSPS) is 14.0. The number of benzene rings is 1. The zero-order valence-electron chi connectivity index (χ0n) is 15.8. The van der Waals surface area contributed by atoms with Crippen molar-refractivity contribution in [1.29, 1.82) is 0 Å². The number of hydrogen-bond donors (Lipinski definition) is 2. The van der Waals surface area contributed by atoms with Crippen LogP contribution >= 0.6 is 0 Å². The molecule has 2 N–H and O–H groups in total. The van der Waals surface area contributed by atoms with Crippen molar-refractivity contribution in [2.75, 3.05) is 0 Å².